The number of hydrogen-bond acceptors (Lipinski definition) is 5. The summed E-state index contributed by atoms with van der Waals surface area (Å²) in [6.07, 6.45) is 1.82. The number of urea groups is 1. The SMILES string of the molecule is O=C(Nc1ccccc1N1CCOCC1)N1CCN(Cc2ccccn2)CC1. The van der Waals surface area contributed by atoms with Crippen LogP contribution in [0.4, 0.5) is 16.2 Å². The van der Waals surface area contributed by atoms with Gasteiger partial charge in [-0.05, 0) is 24.3 Å². The van der Waals surface area contributed by atoms with Crippen molar-refractivity contribution in [2.45, 2.75) is 6.54 Å². The fourth-order valence-electron chi connectivity index (χ4n) is 3.68. The molecule has 2 aliphatic rings. The topological polar surface area (TPSA) is 60.9 Å². The maximum absolute atomic E-state index is 12.8. The van der Waals surface area contributed by atoms with Crippen molar-refractivity contribution in [2.24, 2.45) is 0 Å². The van der Waals surface area contributed by atoms with Crippen molar-refractivity contribution in [1.82, 2.24) is 14.8 Å². The standard InChI is InChI=1S/C21H27N5O2/c27-21(23-19-6-1-2-7-20(19)25-13-15-28-16-14-25)26-11-9-24(10-12-26)17-18-5-3-4-8-22-18/h1-8H,9-17H2,(H,23,27). The van der Waals surface area contributed by atoms with Crippen LogP contribution in [0.5, 0.6) is 0 Å². The number of para-hydroxylation sites is 2. The smallest absolute Gasteiger partial charge is 0.321 e. The Morgan fingerprint density at radius 3 is 2.46 bits per heavy atom. The van der Waals surface area contributed by atoms with Crippen LogP contribution in [0.3, 0.4) is 0 Å². The highest BCUT2D eigenvalue weighted by molar-refractivity contribution is 5.93. The summed E-state index contributed by atoms with van der Waals surface area (Å²) in [7, 11) is 0. The Bertz CT molecular complexity index is 771. The molecule has 7 heteroatoms. The second-order valence-corrected chi connectivity index (χ2v) is 7.13. The summed E-state index contributed by atoms with van der Waals surface area (Å²) < 4.78 is 5.44. The van der Waals surface area contributed by atoms with Gasteiger partial charge < -0.3 is 19.9 Å². The molecule has 1 aromatic heterocycles. The second kappa shape index (κ2) is 9.03. The third-order valence-electron chi connectivity index (χ3n) is 5.27. The van der Waals surface area contributed by atoms with Crippen LogP contribution >= 0.6 is 0 Å². The lowest BCUT2D eigenvalue weighted by molar-refractivity contribution is 0.123. The highest BCUT2D eigenvalue weighted by atomic mass is 16.5. The molecule has 2 saturated heterocycles. The summed E-state index contributed by atoms with van der Waals surface area (Å²) in [5.41, 5.74) is 3.00. The van der Waals surface area contributed by atoms with E-state index in [0.717, 1.165) is 76.1 Å². The van der Waals surface area contributed by atoms with Gasteiger partial charge in [-0.3, -0.25) is 9.88 Å². The number of rotatable bonds is 4. The van der Waals surface area contributed by atoms with Gasteiger partial charge in [-0.1, -0.05) is 18.2 Å². The number of nitrogens with zero attached hydrogens (tertiary/aromatic N) is 4. The number of amides is 2. The molecule has 0 radical (unpaired) electrons. The zero-order chi connectivity index (χ0) is 19.2. The summed E-state index contributed by atoms with van der Waals surface area (Å²) in [4.78, 5) is 23.7. The summed E-state index contributed by atoms with van der Waals surface area (Å²) in [5, 5.41) is 3.12. The van der Waals surface area contributed by atoms with Crippen molar-refractivity contribution in [2.75, 3.05) is 62.7 Å². The Hall–Kier alpha value is -2.64. The number of piperazine rings is 1. The van der Waals surface area contributed by atoms with E-state index in [0.29, 0.717) is 0 Å². The number of hydrogen-bond donors (Lipinski definition) is 1. The molecule has 0 unspecified atom stereocenters. The van der Waals surface area contributed by atoms with E-state index in [9.17, 15) is 4.79 Å². The molecular formula is C21H27N5O2. The molecule has 148 valence electrons. The predicted octanol–water partition coefficient (Wildman–Crippen LogP) is 2.27. The number of aromatic nitrogens is 1. The minimum atomic E-state index is -0.0294. The molecule has 28 heavy (non-hydrogen) atoms. The Balaban J connectivity index is 1.32. The van der Waals surface area contributed by atoms with Gasteiger partial charge in [-0.15, -0.1) is 0 Å². The molecule has 1 aromatic carbocycles. The monoisotopic (exact) mass is 381 g/mol. The molecule has 2 fully saturated rings. The number of benzene rings is 1. The first-order valence-electron chi connectivity index (χ1n) is 9.89. The third-order valence-corrected chi connectivity index (χ3v) is 5.27. The fourth-order valence-corrected chi connectivity index (χ4v) is 3.68. The van der Waals surface area contributed by atoms with Crippen LogP contribution in [0.25, 0.3) is 0 Å². The molecule has 2 aromatic rings. The van der Waals surface area contributed by atoms with Crippen LogP contribution in [0.1, 0.15) is 5.69 Å². The van der Waals surface area contributed by atoms with Gasteiger partial charge in [0.2, 0.25) is 0 Å². The van der Waals surface area contributed by atoms with Gasteiger partial charge >= 0.3 is 6.03 Å². The lowest BCUT2D eigenvalue weighted by Gasteiger charge is -2.35. The average molecular weight is 381 g/mol. The zero-order valence-electron chi connectivity index (χ0n) is 16.1. The first-order valence-corrected chi connectivity index (χ1v) is 9.89. The van der Waals surface area contributed by atoms with Crippen molar-refractivity contribution in [1.29, 1.82) is 0 Å². The van der Waals surface area contributed by atoms with Crippen LogP contribution in [-0.2, 0) is 11.3 Å². The van der Waals surface area contributed by atoms with Gasteiger partial charge in [0.15, 0.2) is 0 Å². The lowest BCUT2D eigenvalue weighted by Crippen LogP contribution is -2.49. The number of nitrogens with one attached hydrogen (secondary N) is 1. The molecule has 1 N–H and O–H groups in total. The van der Waals surface area contributed by atoms with E-state index in [1.165, 1.54) is 0 Å². The molecule has 0 bridgehead atoms. The minimum absolute atomic E-state index is 0.0294. The Morgan fingerprint density at radius 2 is 1.71 bits per heavy atom. The Morgan fingerprint density at radius 1 is 0.964 bits per heavy atom. The summed E-state index contributed by atoms with van der Waals surface area (Å²) in [6, 6.07) is 14.0. The van der Waals surface area contributed by atoms with Gasteiger partial charge in [0.05, 0.1) is 30.3 Å². The molecule has 0 saturated carbocycles. The quantitative estimate of drug-likeness (QED) is 0.880. The largest absolute Gasteiger partial charge is 0.378 e. The Kier molecular flexibility index (Phi) is 6.04. The van der Waals surface area contributed by atoms with Gasteiger partial charge in [-0.2, -0.15) is 0 Å². The first-order chi connectivity index (χ1) is 13.8. The molecule has 4 rings (SSSR count). The van der Waals surface area contributed by atoms with E-state index in [-0.39, 0.29) is 6.03 Å². The number of carbonyl (C=O) groups excluding carboxylic acids is 1. The van der Waals surface area contributed by atoms with Gasteiger partial charge in [0.1, 0.15) is 0 Å². The van der Waals surface area contributed by atoms with E-state index in [1.807, 2.05) is 47.5 Å². The molecule has 0 atom stereocenters. The highest BCUT2D eigenvalue weighted by Crippen LogP contribution is 2.26. The van der Waals surface area contributed by atoms with Crippen molar-refractivity contribution in [3.8, 4) is 0 Å². The minimum Gasteiger partial charge on any atom is -0.378 e. The number of ether oxygens (including phenoxy) is 1. The predicted molar refractivity (Wildman–Crippen MR) is 110 cm³/mol. The molecule has 2 amide bonds. The molecule has 0 spiro atoms. The summed E-state index contributed by atoms with van der Waals surface area (Å²) in [6.45, 7) is 7.12. The molecular weight excluding hydrogens is 354 g/mol. The maximum Gasteiger partial charge on any atom is 0.321 e. The maximum atomic E-state index is 12.8. The van der Waals surface area contributed by atoms with E-state index >= 15 is 0 Å². The number of carbonyl (C=O) groups is 1. The van der Waals surface area contributed by atoms with Gasteiger partial charge in [0, 0.05) is 52.0 Å². The third kappa shape index (κ3) is 4.61. The average Bonchev–Trinajstić information content (AvgIpc) is 2.76. The molecule has 7 nitrogen and oxygen atoms in total. The first kappa shape index (κ1) is 18.7. The van der Waals surface area contributed by atoms with Crippen LogP contribution in [-0.4, -0.2) is 73.3 Å². The van der Waals surface area contributed by atoms with Crippen molar-refractivity contribution in [3.63, 3.8) is 0 Å². The van der Waals surface area contributed by atoms with Crippen molar-refractivity contribution < 1.29 is 9.53 Å². The number of anilines is 2. The molecule has 0 aliphatic carbocycles. The molecule has 3 heterocycles. The van der Waals surface area contributed by atoms with E-state index in [2.05, 4.69) is 26.2 Å². The summed E-state index contributed by atoms with van der Waals surface area (Å²) >= 11 is 0. The van der Waals surface area contributed by atoms with E-state index < -0.39 is 0 Å². The van der Waals surface area contributed by atoms with Crippen LogP contribution < -0.4 is 10.2 Å². The number of morpholine rings is 1. The van der Waals surface area contributed by atoms with Gasteiger partial charge in [0.25, 0.3) is 0 Å². The van der Waals surface area contributed by atoms with Crippen molar-refractivity contribution >= 4 is 17.4 Å². The fraction of sp³-hybridized carbons (Fsp3) is 0.429. The van der Waals surface area contributed by atoms with E-state index in [1.54, 1.807) is 0 Å². The molecule has 2 aliphatic heterocycles. The highest BCUT2D eigenvalue weighted by Gasteiger charge is 2.23. The number of pyridine rings is 1. The Labute approximate surface area is 165 Å². The second-order valence-electron chi connectivity index (χ2n) is 7.13. The van der Waals surface area contributed by atoms with Crippen LogP contribution in [0.15, 0.2) is 48.7 Å². The van der Waals surface area contributed by atoms with Crippen molar-refractivity contribution in [3.05, 3.63) is 54.4 Å². The zero-order valence-corrected chi connectivity index (χ0v) is 16.1. The van der Waals surface area contributed by atoms with Crippen LogP contribution in [0.2, 0.25) is 0 Å². The normalized spacial score (nSPS) is 18.1. The van der Waals surface area contributed by atoms with Gasteiger partial charge in [-0.25, -0.2) is 4.79 Å². The summed E-state index contributed by atoms with van der Waals surface area (Å²) in [5.74, 6) is 0. The van der Waals surface area contributed by atoms with E-state index in [4.69, 9.17) is 4.74 Å². The lowest BCUT2D eigenvalue weighted by atomic mass is 10.2. The van der Waals surface area contributed by atoms with Crippen LogP contribution in [0, 0.1) is 0 Å².